The Morgan fingerprint density at radius 3 is 2.95 bits per heavy atom. The van der Waals surface area contributed by atoms with Gasteiger partial charge in [-0.15, -0.1) is 0 Å². The molecule has 6 heteroatoms. The number of rotatable bonds is 3. The van der Waals surface area contributed by atoms with Gasteiger partial charge in [-0.3, -0.25) is 21.2 Å². The number of halogens is 2. The van der Waals surface area contributed by atoms with Crippen molar-refractivity contribution < 1.29 is 0 Å². The van der Waals surface area contributed by atoms with E-state index in [0.717, 1.165) is 18.5 Å². The number of hydrogen-bond acceptors (Lipinski definition) is 4. The molecule has 0 saturated heterocycles. The van der Waals surface area contributed by atoms with E-state index in [2.05, 4.69) is 21.5 Å². The predicted molar refractivity (Wildman–Crippen MR) is 79.6 cm³/mol. The Hall–Kier alpha value is -1.20. The smallest absolute Gasteiger partial charge is 0.0780 e. The number of aromatic nitrogens is 2. The van der Waals surface area contributed by atoms with Crippen LogP contribution in [-0.2, 0) is 6.42 Å². The Morgan fingerprint density at radius 2 is 2.20 bits per heavy atom. The van der Waals surface area contributed by atoms with Crippen LogP contribution in [0.3, 0.4) is 0 Å². The highest BCUT2D eigenvalue weighted by molar-refractivity contribution is 6.34. The summed E-state index contributed by atoms with van der Waals surface area (Å²) >= 11 is 12.1. The number of nitrogens with two attached hydrogens (primary N) is 1. The molecule has 4 nitrogen and oxygen atoms in total. The van der Waals surface area contributed by atoms with Gasteiger partial charge in [0.1, 0.15) is 0 Å². The van der Waals surface area contributed by atoms with Crippen LogP contribution in [0.5, 0.6) is 0 Å². The molecule has 3 rings (SSSR count). The molecule has 2 unspecified atom stereocenters. The number of pyridine rings is 2. The van der Waals surface area contributed by atoms with E-state index < -0.39 is 0 Å². The van der Waals surface area contributed by atoms with E-state index in [1.807, 2.05) is 12.3 Å². The maximum absolute atomic E-state index is 6.25. The molecule has 2 atom stereocenters. The third kappa shape index (κ3) is 2.40. The van der Waals surface area contributed by atoms with Gasteiger partial charge < -0.3 is 0 Å². The van der Waals surface area contributed by atoms with Crippen molar-refractivity contribution in [3.05, 3.63) is 57.6 Å². The molecule has 3 N–H and O–H groups in total. The second-order valence-corrected chi connectivity index (χ2v) is 5.70. The molecule has 1 aliphatic rings. The minimum atomic E-state index is -0.170. The molecular weight excluding hydrogens is 295 g/mol. The van der Waals surface area contributed by atoms with Crippen LogP contribution in [0.4, 0.5) is 0 Å². The van der Waals surface area contributed by atoms with E-state index in [0.29, 0.717) is 15.7 Å². The molecule has 104 valence electrons. The van der Waals surface area contributed by atoms with Crippen LogP contribution < -0.4 is 11.3 Å². The molecule has 0 amide bonds. The first-order valence-electron chi connectivity index (χ1n) is 6.41. The SMILES string of the molecule is NNC(c1ncc(Cl)cc1Cl)C1CCc2cccnc21. The van der Waals surface area contributed by atoms with Crippen LogP contribution in [0.25, 0.3) is 0 Å². The van der Waals surface area contributed by atoms with Gasteiger partial charge in [0.15, 0.2) is 0 Å². The van der Waals surface area contributed by atoms with Crippen LogP contribution >= 0.6 is 23.2 Å². The van der Waals surface area contributed by atoms with Gasteiger partial charge in [-0.2, -0.15) is 0 Å². The summed E-state index contributed by atoms with van der Waals surface area (Å²) in [4.78, 5) is 8.82. The Kier molecular flexibility index (Phi) is 3.89. The molecule has 0 spiro atoms. The van der Waals surface area contributed by atoms with Gasteiger partial charge in [0.05, 0.1) is 21.8 Å². The van der Waals surface area contributed by atoms with Crippen molar-refractivity contribution in [2.75, 3.05) is 0 Å². The fourth-order valence-corrected chi connectivity index (χ4v) is 3.31. The first-order chi connectivity index (χ1) is 9.70. The van der Waals surface area contributed by atoms with Gasteiger partial charge in [0.2, 0.25) is 0 Å². The molecule has 0 radical (unpaired) electrons. The highest BCUT2D eigenvalue weighted by Gasteiger charge is 2.33. The van der Waals surface area contributed by atoms with Crippen molar-refractivity contribution in [1.29, 1.82) is 0 Å². The summed E-state index contributed by atoms with van der Waals surface area (Å²) in [5.41, 5.74) is 5.88. The van der Waals surface area contributed by atoms with Crippen LogP contribution in [0.2, 0.25) is 10.0 Å². The summed E-state index contributed by atoms with van der Waals surface area (Å²) in [7, 11) is 0. The zero-order valence-electron chi connectivity index (χ0n) is 10.7. The van der Waals surface area contributed by atoms with Crippen LogP contribution in [0.15, 0.2) is 30.6 Å². The van der Waals surface area contributed by atoms with Crippen molar-refractivity contribution in [3.8, 4) is 0 Å². The van der Waals surface area contributed by atoms with Gasteiger partial charge >= 0.3 is 0 Å². The second kappa shape index (κ2) is 5.66. The molecule has 0 aromatic carbocycles. The summed E-state index contributed by atoms with van der Waals surface area (Å²) in [5.74, 6) is 5.91. The predicted octanol–water partition coefficient (Wildman–Crippen LogP) is 3.02. The Balaban J connectivity index is 1.99. The number of hydrogen-bond donors (Lipinski definition) is 2. The Morgan fingerprint density at radius 1 is 1.35 bits per heavy atom. The standard InChI is InChI=1S/C14H14Cl2N4/c15-9-6-11(16)14(19-7-9)13(20-17)10-4-3-8-2-1-5-18-12(8)10/h1-2,5-7,10,13,20H,3-4,17H2. The number of hydrazine groups is 1. The van der Waals surface area contributed by atoms with Gasteiger partial charge in [0.25, 0.3) is 0 Å². The van der Waals surface area contributed by atoms with Gasteiger partial charge in [-0.05, 0) is 30.5 Å². The number of nitrogens with zero attached hydrogens (tertiary/aromatic N) is 2. The highest BCUT2D eigenvalue weighted by atomic mass is 35.5. The van der Waals surface area contributed by atoms with Gasteiger partial charge in [-0.25, -0.2) is 0 Å². The van der Waals surface area contributed by atoms with E-state index in [4.69, 9.17) is 29.0 Å². The molecule has 0 saturated carbocycles. The lowest BCUT2D eigenvalue weighted by atomic mass is 9.94. The van der Waals surface area contributed by atoms with Crippen LogP contribution in [0, 0.1) is 0 Å². The van der Waals surface area contributed by atoms with Crippen molar-refractivity contribution in [2.24, 2.45) is 5.84 Å². The molecular formula is C14H14Cl2N4. The van der Waals surface area contributed by atoms with Gasteiger partial charge in [0, 0.05) is 24.0 Å². The topological polar surface area (TPSA) is 63.8 Å². The zero-order chi connectivity index (χ0) is 14.1. The molecule has 2 aromatic heterocycles. The van der Waals surface area contributed by atoms with E-state index in [9.17, 15) is 0 Å². The normalized spacial score (nSPS) is 18.9. The van der Waals surface area contributed by atoms with Crippen molar-refractivity contribution in [2.45, 2.75) is 24.8 Å². The highest BCUT2D eigenvalue weighted by Crippen LogP contribution is 2.41. The van der Waals surface area contributed by atoms with E-state index >= 15 is 0 Å². The summed E-state index contributed by atoms with van der Waals surface area (Å²) in [6, 6.07) is 5.58. The van der Waals surface area contributed by atoms with Crippen LogP contribution in [-0.4, -0.2) is 9.97 Å². The molecule has 0 fully saturated rings. The van der Waals surface area contributed by atoms with Gasteiger partial charge in [-0.1, -0.05) is 29.3 Å². The lowest BCUT2D eigenvalue weighted by Crippen LogP contribution is -2.33. The first kappa shape index (κ1) is 13.8. The van der Waals surface area contributed by atoms with E-state index in [-0.39, 0.29) is 12.0 Å². The third-order valence-electron chi connectivity index (χ3n) is 3.71. The van der Waals surface area contributed by atoms with Crippen LogP contribution in [0.1, 0.15) is 35.3 Å². The molecule has 0 aliphatic heterocycles. The maximum Gasteiger partial charge on any atom is 0.0780 e. The Labute approximate surface area is 127 Å². The lowest BCUT2D eigenvalue weighted by molar-refractivity contribution is 0.438. The lowest BCUT2D eigenvalue weighted by Gasteiger charge is -2.23. The summed E-state index contributed by atoms with van der Waals surface area (Å²) in [6.07, 6.45) is 5.36. The summed E-state index contributed by atoms with van der Waals surface area (Å²) < 4.78 is 0. The average Bonchev–Trinajstić information content (AvgIpc) is 2.86. The van der Waals surface area contributed by atoms with Crippen molar-refractivity contribution in [1.82, 2.24) is 15.4 Å². The number of aryl methyl sites for hydroxylation is 1. The average molecular weight is 309 g/mol. The number of fused-ring (bicyclic) bond motifs is 1. The number of nitrogens with one attached hydrogen (secondary N) is 1. The zero-order valence-corrected chi connectivity index (χ0v) is 12.2. The monoisotopic (exact) mass is 308 g/mol. The van der Waals surface area contributed by atoms with Crippen molar-refractivity contribution in [3.63, 3.8) is 0 Å². The molecule has 0 bridgehead atoms. The second-order valence-electron chi connectivity index (χ2n) is 4.86. The molecule has 2 aromatic rings. The van der Waals surface area contributed by atoms with E-state index in [1.165, 1.54) is 5.56 Å². The fraction of sp³-hybridized carbons (Fsp3) is 0.286. The van der Waals surface area contributed by atoms with Crippen molar-refractivity contribution >= 4 is 23.2 Å². The molecule has 1 aliphatic carbocycles. The summed E-state index contributed by atoms with van der Waals surface area (Å²) in [6.45, 7) is 0. The minimum absolute atomic E-state index is 0.169. The third-order valence-corrected chi connectivity index (χ3v) is 4.22. The summed E-state index contributed by atoms with van der Waals surface area (Å²) in [5, 5.41) is 1.03. The quantitative estimate of drug-likeness (QED) is 0.676. The first-order valence-corrected chi connectivity index (χ1v) is 7.17. The maximum atomic E-state index is 6.25. The Bertz CT molecular complexity index is 632. The largest absolute Gasteiger partial charge is 0.271 e. The molecule has 2 heterocycles. The molecule has 20 heavy (non-hydrogen) atoms. The minimum Gasteiger partial charge on any atom is -0.271 e. The van der Waals surface area contributed by atoms with E-state index in [1.54, 1.807) is 12.3 Å². The fourth-order valence-electron chi connectivity index (χ4n) is 2.81.